The van der Waals surface area contributed by atoms with E-state index < -0.39 is 0 Å². The van der Waals surface area contributed by atoms with E-state index in [0.29, 0.717) is 6.04 Å². The fourth-order valence-corrected chi connectivity index (χ4v) is 2.10. The lowest BCUT2D eigenvalue weighted by molar-refractivity contribution is 0.610. The SMILES string of the molecule is C1CC2=C(CN1)N=NC2C1CC1.Cl. The molecule has 3 nitrogen and oxygen atoms in total. The highest BCUT2D eigenvalue weighted by Crippen LogP contribution is 2.42. The van der Waals surface area contributed by atoms with Crippen LogP contribution in [0.15, 0.2) is 21.5 Å². The maximum absolute atomic E-state index is 4.35. The van der Waals surface area contributed by atoms with Gasteiger partial charge in [-0.05, 0) is 37.3 Å². The number of halogens is 1. The van der Waals surface area contributed by atoms with E-state index in [4.69, 9.17) is 0 Å². The van der Waals surface area contributed by atoms with Gasteiger partial charge in [0.15, 0.2) is 0 Å². The average Bonchev–Trinajstić information content (AvgIpc) is 2.86. The van der Waals surface area contributed by atoms with E-state index in [1.165, 1.54) is 30.5 Å². The van der Waals surface area contributed by atoms with Crippen LogP contribution in [0.1, 0.15) is 19.3 Å². The minimum absolute atomic E-state index is 0. The molecule has 2 aliphatic heterocycles. The van der Waals surface area contributed by atoms with Crippen molar-refractivity contribution >= 4 is 12.4 Å². The molecule has 3 rings (SSSR count). The molecular weight excluding hydrogens is 186 g/mol. The van der Waals surface area contributed by atoms with E-state index in [2.05, 4.69) is 15.5 Å². The van der Waals surface area contributed by atoms with E-state index in [9.17, 15) is 0 Å². The van der Waals surface area contributed by atoms with Gasteiger partial charge in [0.05, 0.1) is 11.7 Å². The van der Waals surface area contributed by atoms with Crippen LogP contribution in [0, 0.1) is 5.92 Å². The van der Waals surface area contributed by atoms with Crippen molar-refractivity contribution in [1.82, 2.24) is 5.32 Å². The lowest BCUT2D eigenvalue weighted by atomic mass is 9.97. The fourth-order valence-electron chi connectivity index (χ4n) is 2.10. The molecule has 0 bridgehead atoms. The van der Waals surface area contributed by atoms with Crippen LogP contribution in [0.3, 0.4) is 0 Å². The molecule has 72 valence electrons. The van der Waals surface area contributed by atoms with Crippen molar-refractivity contribution in [2.24, 2.45) is 16.1 Å². The lowest BCUT2D eigenvalue weighted by Crippen LogP contribution is -2.26. The highest BCUT2D eigenvalue weighted by Gasteiger charge is 2.38. The Morgan fingerprint density at radius 2 is 2.15 bits per heavy atom. The Hall–Kier alpha value is -0.410. The molecule has 0 saturated heterocycles. The predicted molar refractivity (Wildman–Crippen MR) is 53.1 cm³/mol. The van der Waals surface area contributed by atoms with Crippen molar-refractivity contribution in [2.45, 2.75) is 25.3 Å². The molecule has 0 aromatic carbocycles. The first-order valence-electron chi connectivity index (χ1n) is 4.78. The molecule has 1 fully saturated rings. The quantitative estimate of drug-likeness (QED) is 0.688. The maximum Gasteiger partial charge on any atom is 0.0972 e. The number of hydrogen-bond donors (Lipinski definition) is 1. The molecule has 1 N–H and O–H groups in total. The zero-order valence-corrected chi connectivity index (χ0v) is 8.31. The van der Waals surface area contributed by atoms with Gasteiger partial charge < -0.3 is 5.32 Å². The van der Waals surface area contributed by atoms with Gasteiger partial charge in [-0.1, -0.05) is 0 Å². The van der Waals surface area contributed by atoms with Gasteiger partial charge in [-0.2, -0.15) is 10.2 Å². The molecule has 0 spiro atoms. The maximum atomic E-state index is 4.35. The number of azo groups is 1. The van der Waals surface area contributed by atoms with E-state index in [0.717, 1.165) is 19.0 Å². The van der Waals surface area contributed by atoms with Crippen LogP contribution < -0.4 is 5.32 Å². The summed E-state index contributed by atoms with van der Waals surface area (Å²) >= 11 is 0. The molecule has 4 heteroatoms. The molecule has 13 heavy (non-hydrogen) atoms. The molecule has 1 saturated carbocycles. The van der Waals surface area contributed by atoms with Crippen molar-refractivity contribution in [3.63, 3.8) is 0 Å². The van der Waals surface area contributed by atoms with Crippen molar-refractivity contribution in [1.29, 1.82) is 0 Å². The summed E-state index contributed by atoms with van der Waals surface area (Å²) in [5.74, 6) is 0.847. The zero-order valence-electron chi connectivity index (χ0n) is 7.49. The Balaban J connectivity index is 0.000000653. The van der Waals surface area contributed by atoms with Crippen molar-refractivity contribution < 1.29 is 0 Å². The minimum Gasteiger partial charge on any atom is -0.311 e. The van der Waals surface area contributed by atoms with Gasteiger partial charge in [0.2, 0.25) is 0 Å². The predicted octanol–water partition coefficient (Wildman–Crippen LogP) is 1.90. The summed E-state index contributed by atoms with van der Waals surface area (Å²) in [6, 6.07) is 0.488. The highest BCUT2D eigenvalue weighted by atomic mass is 35.5. The third-order valence-electron chi connectivity index (χ3n) is 2.96. The molecule has 1 aliphatic carbocycles. The van der Waals surface area contributed by atoms with E-state index in [1.807, 2.05) is 0 Å². The lowest BCUT2D eigenvalue weighted by Gasteiger charge is -2.16. The van der Waals surface area contributed by atoms with Crippen molar-refractivity contribution in [2.75, 3.05) is 13.1 Å². The Bertz CT molecular complexity index is 268. The standard InChI is InChI=1S/C9H13N3.ClH/c1-2-6(1)9-7-3-4-10-5-8(7)11-12-9;/h6,9-10H,1-5H2;1H. The van der Waals surface area contributed by atoms with Crippen LogP contribution in [0.25, 0.3) is 0 Å². The second-order valence-electron chi connectivity index (χ2n) is 3.90. The van der Waals surface area contributed by atoms with E-state index in [1.54, 1.807) is 0 Å². The molecule has 0 radical (unpaired) electrons. The summed E-state index contributed by atoms with van der Waals surface area (Å²) in [4.78, 5) is 0. The van der Waals surface area contributed by atoms with Crippen LogP contribution in [-0.4, -0.2) is 19.1 Å². The van der Waals surface area contributed by atoms with Gasteiger partial charge >= 0.3 is 0 Å². The molecule has 0 aromatic rings. The third-order valence-corrected chi connectivity index (χ3v) is 2.96. The van der Waals surface area contributed by atoms with Crippen LogP contribution in [0.4, 0.5) is 0 Å². The average molecular weight is 200 g/mol. The number of rotatable bonds is 1. The van der Waals surface area contributed by atoms with Crippen molar-refractivity contribution in [3.05, 3.63) is 11.3 Å². The van der Waals surface area contributed by atoms with E-state index >= 15 is 0 Å². The van der Waals surface area contributed by atoms with Gasteiger partial charge in [0.25, 0.3) is 0 Å². The smallest absolute Gasteiger partial charge is 0.0972 e. The summed E-state index contributed by atoms with van der Waals surface area (Å²) in [6.07, 6.45) is 3.91. The Labute approximate surface area is 84.1 Å². The Morgan fingerprint density at radius 3 is 2.92 bits per heavy atom. The van der Waals surface area contributed by atoms with Gasteiger partial charge in [-0.25, -0.2) is 0 Å². The van der Waals surface area contributed by atoms with Gasteiger partial charge in [-0.3, -0.25) is 0 Å². The van der Waals surface area contributed by atoms with Crippen LogP contribution in [0.2, 0.25) is 0 Å². The third kappa shape index (κ3) is 1.51. The monoisotopic (exact) mass is 199 g/mol. The number of nitrogens with zero attached hydrogens (tertiary/aromatic N) is 2. The summed E-state index contributed by atoms with van der Waals surface area (Å²) in [6.45, 7) is 2.06. The topological polar surface area (TPSA) is 36.8 Å². The summed E-state index contributed by atoms with van der Waals surface area (Å²) in [7, 11) is 0. The Morgan fingerprint density at radius 1 is 1.31 bits per heavy atom. The molecular formula is C9H14ClN3. The van der Waals surface area contributed by atoms with Gasteiger partial charge in [-0.15, -0.1) is 12.4 Å². The normalized spacial score (nSPS) is 31.5. The van der Waals surface area contributed by atoms with Crippen LogP contribution >= 0.6 is 12.4 Å². The molecule has 3 aliphatic rings. The molecule has 2 heterocycles. The summed E-state index contributed by atoms with van der Waals surface area (Å²) in [5, 5.41) is 11.9. The molecule has 0 amide bonds. The van der Waals surface area contributed by atoms with Gasteiger partial charge in [0, 0.05) is 6.54 Å². The largest absolute Gasteiger partial charge is 0.311 e. The van der Waals surface area contributed by atoms with Crippen LogP contribution in [-0.2, 0) is 0 Å². The highest BCUT2D eigenvalue weighted by molar-refractivity contribution is 5.85. The first-order chi connectivity index (χ1) is 5.95. The number of nitrogens with one attached hydrogen (secondary N) is 1. The molecule has 0 aromatic heterocycles. The first kappa shape index (κ1) is 9.16. The molecule has 1 atom stereocenters. The minimum atomic E-state index is 0. The van der Waals surface area contributed by atoms with Crippen molar-refractivity contribution in [3.8, 4) is 0 Å². The second-order valence-corrected chi connectivity index (χ2v) is 3.90. The summed E-state index contributed by atoms with van der Waals surface area (Å²) < 4.78 is 0. The number of hydrogen-bond acceptors (Lipinski definition) is 3. The second kappa shape index (κ2) is 3.39. The van der Waals surface area contributed by atoms with Gasteiger partial charge in [0.1, 0.15) is 0 Å². The first-order valence-corrected chi connectivity index (χ1v) is 4.78. The van der Waals surface area contributed by atoms with Crippen LogP contribution in [0.5, 0.6) is 0 Å². The summed E-state index contributed by atoms with van der Waals surface area (Å²) in [5.41, 5.74) is 2.77. The molecule has 1 unspecified atom stereocenters. The zero-order chi connectivity index (χ0) is 7.97. The fraction of sp³-hybridized carbons (Fsp3) is 0.778. The van der Waals surface area contributed by atoms with E-state index in [-0.39, 0.29) is 12.4 Å². The Kier molecular flexibility index (Phi) is 2.39.